The molecule has 0 radical (unpaired) electrons. The van der Waals surface area contributed by atoms with E-state index in [9.17, 15) is 14.7 Å². The number of fused-ring (bicyclic) bond motifs is 3. The quantitative estimate of drug-likeness (QED) is 0.168. The predicted molar refractivity (Wildman–Crippen MR) is 205 cm³/mol. The van der Waals surface area contributed by atoms with Crippen LogP contribution in [0.15, 0.2) is 99.2 Å². The van der Waals surface area contributed by atoms with E-state index in [-0.39, 0.29) is 40.4 Å². The van der Waals surface area contributed by atoms with Gasteiger partial charge < -0.3 is 33.0 Å². The van der Waals surface area contributed by atoms with Crippen LogP contribution < -0.4 is 14.9 Å². The van der Waals surface area contributed by atoms with Gasteiger partial charge in [-0.2, -0.15) is 0 Å². The lowest BCUT2D eigenvalue weighted by molar-refractivity contribution is -0.131. The molecule has 3 atom stereocenters. The smallest absolute Gasteiger partial charge is 0.339 e. The fourth-order valence-electron chi connectivity index (χ4n) is 7.96. The molecular weight excluding hydrogens is 742 g/mol. The van der Waals surface area contributed by atoms with Crippen molar-refractivity contribution in [3.8, 4) is 28.4 Å². The first-order valence-corrected chi connectivity index (χ1v) is 17.9. The Balaban J connectivity index is 0.000000174. The van der Waals surface area contributed by atoms with Gasteiger partial charge in [0.15, 0.2) is 11.3 Å². The highest BCUT2D eigenvalue weighted by atomic mass is 79.9. The first kappa shape index (κ1) is 36.2. The summed E-state index contributed by atoms with van der Waals surface area (Å²) in [6.45, 7) is 1.21. The number of likely N-dealkylation sites (N-methyl/N-ethyl adjacent to an activating group) is 1. The van der Waals surface area contributed by atoms with Crippen LogP contribution in [0.4, 0.5) is 0 Å². The minimum atomic E-state index is -0.421. The Kier molecular flexibility index (Phi) is 10.0. The van der Waals surface area contributed by atoms with E-state index in [0.717, 1.165) is 29.4 Å². The SMILES string of the molecule is COC12CC(COC(=O)c3cncc(Br)c3)CN(C)C1Cc1cn(C)c3cccc2c13.COc1ccc(-c2coc3c(OC)c(O)ccc3c2=O)cc1. The lowest BCUT2D eigenvalue weighted by Gasteiger charge is -2.53. The molecule has 1 aliphatic heterocycles. The van der Waals surface area contributed by atoms with Crippen molar-refractivity contribution in [2.24, 2.45) is 13.0 Å². The van der Waals surface area contributed by atoms with Crippen molar-refractivity contribution in [2.45, 2.75) is 24.5 Å². The first-order chi connectivity index (χ1) is 25.6. The average molecular weight is 783 g/mol. The number of aryl methyl sites for hydroxylation is 1. The molecule has 3 aromatic heterocycles. The summed E-state index contributed by atoms with van der Waals surface area (Å²) in [5.41, 5.74) is 5.09. The summed E-state index contributed by atoms with van der Waals surface area (Å²) in [7, 11) is 9.06. The van der Waals surface area contributed by atoms with E-state index in [1.54, 1.807) is 43.6 Å². The summed E-state index contributed by atoms with van der Waals surface area (Å²) in [5.74, 6) is 0.610. The summed E-state index contributed by atoms with van der Waals surface area (Å²) in [4.78, 5) is 31.6. The molecule has 1 fully saturated rings. The molecular formula is C41H40BrN3O8. The monoisotopic (exact) mass is 781 g/mol. The number of aromatic nitrogens is 2. The van der Waals surface area contributed by atoms with Crippen LogP contribution in [0.5, 0.6) is 17.2 Å². The number of likely N-dealkylation sites (tertiary alicyclic amines) is 1. The lowest BCUT2D eigenvalue weighted by Crippen LogP contribution is -2.59. The van der Waals surface area contributed by atoms with E-state index in [4.69, 9.17) is 23.4 Å². The van der Waals surface area contributed by atoms with Crippen LogP contribution >= 0.6 is 15.9 Å². The first-order valence-electron chi connectivity index (χ1n) is 17.1. The van der Waals surface area contributed by atoms with Gasteiger partial charge in [0.05, 0.1) is 37.3 Å². The number of pyridine rings is 1. The Morgan fingerprint density at radius 1 is 1.06 bits per heavy atom. The Labute approximate surface area is 314 Å². The Morgan fingerprint density at radius 2 is 1.85 bits per heavy atom. The van der Waals surface area contributed by atoms with Crippen molar-refractivity contribution in [3.05, 3.63) is 117 Å². The van der Waals surface area contributed by atoms with E-state index in [2.05, 4.69) is 68.9 Å². The van der Waals surface area contributed by atoms with Crippen molar-refractivity contribution >= 4 is 43.8 Å². The molecule has 11 nitrogen and oxygen atoms in total. The fourth-order valence-corrected chi connectivity index (χ4v) is 8.32. The van der Waals surface area contributed by atoms with E-state index < -0.39 is 5.60 Å². The molecule has 0 amide bonds. The third-order valence-corrected chi connectivity index (χ3v) is 10.8. The molecule has 2 aliphatic rings. The molecule has 3 unspecified atom stereocenters. The second-order valence-electron chi connectivity index (χ2n) is 13.5. The Hall–Kier alpha value is -5.17. The number of piperidine rings is 1. The molecule has 1 aliphatic carbocycles. The molecule has 0 spiro atoms. The number of ether oxygens (including phenoxy) is 4. The van der Waals surface area contributed by atoms with E-state index >= 15 is 0 Å². The normalized spacial score (nSPS) is 19.3. The number of aromatic hydroxyl groups is 1. The Morgan fingerprint density at radius 3 is 2.57 bits per heavy atom. The number of carbonyl (C=O) groups is 1. The number of carbonyl (C=O) groups excluding carboxylic acids is 1. The number of phenols is 1. The van der Waals surface area contributed by atoms with E-state index in [1.165, 1.54) is 53.7 Å². The van der Waals surface area contributed by atoms with Crippen molar-refractivity contribution in [1.29, 1.82) is 0 Å². The van der Waals surface area contributed by atoms with Gasteiger partial charge in [-0.25, -0.2) is 4.79 Å². The number of rotatable bonds is 7. The fraction of sp³-hybridized carbons (Fsp3) is 0.293. The highest BCUT2D eigenvalue weighted by Crippen LogP contribution is 2.49. The molecule has 12 heteroatoms. The second kappa shape index (κ2) is 14.7. The van der Waals surface area contributed by atoms with Crippen LogP contribution in [0.1, 0.15) is 27.9 Å². The maximum absolute atomic E-state index is 12.6. The van der Waals surface area contributed by atoms with Gasteiger partial charge >= 0.3 is 5.97 Å². The summed E-state index contributed by atoms with van der Waals surface area (Å²) in [6.07, 6.45) is 8.57. The lowest BCUT2D eigenvalue weighted by atomic mass is 9.69. The molecule has 4 heterocycles. The molecule has 8 rings (SSSR count). The molecule has 1 N–H and O–H groups in total. The van der Waals surface area contributed by atoms with Gasteiger partial charge in [0.1, 0.15) is 17.6 Å². The third kappa shape index (κ3) is 6.55. The van der Waals surface area contributed by atoms with Gasteiger partial charge in [0.25, 0.3) is 0 Å². The topological polar surface area (TPSA) is 125 Å². The van der Waals surface area contributed by atoms with Crippen LogP contribution in [-0.4, -0.2) is 73.1 Å². The predicted octanol–water partition coefficient (Wildman–Crippen LogP) is 7.09. The van der Waals surface area contributed by atoms with Crippen LogP contribution in [0.25, 0.3) is 33.0 Å². The zero-order valence-corrected chi connectivity index (χ0v) is 31.7. The van der Waals surface area contributed by atoms with Crippen LogP contribution in [-0.2, 0) is 28.5 Å². The molecule has 1 saturated heterocycles. The standard InChI is InChI=1S/C24H26BrN3O3.C17H14O5/c1-27-13-17-8-21-24(30-3,19-5-4-6-20(27)22(17)19)9-15(12-28(21)2)14-31-23(29)16-7-18(25)11-26-10-16;1-20-11-5-3-10(4-6-11)13-9-22-16-12(15(13)19)7-8-14(18)17(16)21-2/h4-7,10-11,13,15,21H,8-9,12,14H2,1-3H3;3-9,18H,1-2H3. The number of esters is 1. The number of hydrogen-bond acceptors (Lipinski definition) is 10. The highest BCUT2D eigenvalue weighted by Gasteiger charge is 2.52. The van der Waals surface area contributed by atoms with Gasteiger partial charge in [-0.3, -0.25) is 14.7 Å². The molecule has 0 bridgehead atoms. The molecule has 53 heavy (non-hydrogen) atoms. The van der Waals surface area contributed by atoms with E-state index in [1.807, 2.05) is 7.11 Å². The number of phenolic OH excluding ortho intramolecular Hbond substituents is 1. The average Bonchev–Trinajstić information content (AvgIpc) is 3.50. The molecule has 3 aromatic carbocycles. The Bertz CT molecular complexity index is 2370. The largest absolute Gasteiger partial charge is 0.504 e. The maximum atomic E-state index is 12.6. The van der Waals surface area contributed by atoms with Crippen molar-refractivity contribution in [1.82, 2.24) is 14.5 Å². The molecule has 274 valence electrons. The summed E-state index contributed by atoms with van der Waals surface area (Å²) in [6, 6.07) is 18.5. The number of methoxy groups -OCH3 is 3. The minimum absolute atomic E-state index is 0.0738. The van der Waals surface area contributed by atoms with Crippen molar-refractivity contribution in [3.63, 3.8) is 0 Å². The van der Waals surface area contributed by atoms with Gasteiger partial charge in [-0.1, -0.05) is 24.3 Å². The third-order valence-electron chi connectivity index (χ3n) is 10.4. The molecule has 6 aromatic rings. The number of hydrogen-bond donors (Lipinski definition) is 1. The highest BCUT2D eigenvalue weighted by molar-refractivity contribution is 9.10. The summed E-state index contributed by atoms with van der Waals surface area (Å²) < 4.78 is 30.7. The van der Waals surface area contributed by atoms with Crippen LogP contribution in [0, 0.1) is 5.92 Å². The van der Waals surface area contributed by atoms with Gasteiger partial charge in [-0.15, -0.1) is 0 Å². The van der Waals surface area contributed by atoms with Crippen LogP contribution in [0.3, 0.4) is 0 Å². The zero-order chi connectivity index (χ0) is 37.4. The number of benzene rings is 3. The second-order valence-corrected chi connectivity index (χ2v) is 14.4. The van der Waals surface area contributed by atoms with E-state index in [0.29, 0.717) is 28.9 Å². The summed E-state index contributed by atoms with van der Waals surface area (Å²) >= 11 is 3.35. The molecule has 0 saturated carbocycles. The van der Waals surface area contributed by atoms with Gasteiger partial charge in [0.2, 0.25) is 11.2 Å². The van der Waals surface area contributed by atoms with Crippen LogP contribution in [0.2, 0.25) is 0 Å². The van der Waals surface area contributed by atoms with Crippen molar-refractivity contribution in [2.75, 3.05) is 41.5 Å². The zero-order valence-electron chi connectivity index (χ0n) is 30.1. The minimum Gasteiger partial charge on any atom is -0.504 e. The summed E-state index contributed by atoms with van der Waals surface area (Å²) in [5, 5.41) is 11.4. The number of nitrogens with zero attached hydrogens (tertiary/aromatic N) is 3. The van der Waals surface area contributed by atoms with Crippen molar-refractivity contribution < 1.29 is 33.3 Å². The number of halogens is 1. The maximum Gasteiger partial charge on any atom is 0.339 e. The van der Waals surface area contributed by atoms with Gasteiger partial charge in [0, 0.05) is 66.6 Å². The van der Waals surface area contributed by atoms with Gasteiger partial charge in [-0.05, 0) is 88.9 Å².